The number of hydrogen-bond acceptors (Lipinski definition) is 2. The number of nitriles is 1. The van der Waals surface area contributed by atoms with Gasteiger partial charge in [-0.1, -0.05) is 12.8 Å². The zero-order valence-electron chi connectivity index (χ0n) is 7.01. The predicted molar refractivity (Wildman–Crippen MR) is 47.6 cm³/mol. The summed E-state index contributed by atoms with van der Waals surface area (Å²) in [5.74, 6) is 0.812. The lowest BCUT2D eigenvalue weighted by molar-refractivity contribution is 0.662. The van der Waals surface area contributed by atoms with Crippen LogP contribution in [0.3, 0.4) is 0 Å². The predicted octanol–water partition coefficient (Wildman–Crippen LogP) is 1.84. The Bertz CT molecular complexity index is 151. The Morgan fingerprint density at radius 2 is 1.91 bits per heavy atom. The van der Waals surface area contributed by atoms with Crippen LogP contribution in [0.5, 0.6) is 0 Å². The van der Waals surface area contributed by atoms with Crippen molar-refractivity contribution in [2.75, 3.05) is 12.0 Å². The van der Waals surface area contributed by atoms with Crippen molar-refractivity contribution in [3.05, 3.63) is 0 Å². The van der Waals surface area contributed by atoms with Gasteiger partial charge in [0.15, 0.2) is 0 Å². The largest absolute Gasteiger partial charge is 0.260 e. The van der Waals surface area contributed by atoms with E-state index in [0.29, 0.717) is 6.42 Å². The van der Waals surface area contributed by atoms with Crippen LogP contribution in [0.25, 0.3) is 0 Å². The summed E-state index contributed by atoms with van der Waals surface area (Å²) >= 11 is 0. The Morgan fingerprint density at radius 3 is 2.45 bits per heavy atom. The van der Waals surface area contributed by atoms with Crippen molar-refractivity contribution in [2.45, 2.75) is 32.1 Å². The van der Waals surface area contributed by atoms with Gasteiger partial charge in [-0.3, -0.25) is 4.21 Å². The molecule has 2 nitrogen and oxygen atoms in total. The molecule has 0 amide bonds. The quantitative estimate of drug-likeness (QED) is 0.575. The molecule has 0 radical (unpaired) electrons. The fraction of sp³-hybridized carbons (Fsp3) is 0.875. The fourth-order valence-corrected chi connectivity index (χ4v) is 1.47. The number of unbranched alkanes of at least 4 members (excludes halogenated alkanes) is 4. The van der Waals surface area contributed by atoms with Gasteiger partial charge in [-0.2, -0.15) is 5.26 Å². The topological polar surface area (TPSA) is 40.9 Å². The van der Waals surface area contributed by atoms with Crippen LogP contribution in [0.1, 0.15) is 32.1 Å². The minimum absolute atomic E-state index is 0.638. The van der Waals surface area contributed by atoms with Gasteiger partial charge in [-0.05, 0) is 12.8 Å². The van der Waals surface area contributed by atoms with Gasteiger partial charge in [0.1, 0.15) is 0 Å². The van der Waals surface area contributed by atoms with Crippen LogP contribution >= 0.6 is 0 Å². The van der Waals surface area contributed by atoms with Gasteiger partial charge < -0.3 is 0 Å². The highest BCUT2D eigenvalue weighted by molar-refractivity contribution is 7.84. The summed E-state index contributed by atoms with van der Waals surface area (Å²) in [4.78, 5) is 0. The van der Waals surface area contributed by atoms with E-state index in [0.717, 1.165) is 31.4 Å². The van der Waals surface area contributed by atoms with Crippen LogP contribution in [0, 0.1) is 11.3 Å². The Morgan fingerprint density at radius 1 is 1.27 bits per heavy atom. The summed E-state index contributed by atoms with van der Waals surface area (Å²) in [6.07, 6.45) is 6.64. The number of hydrogen-bond donors (Lipinski definition) is 0. The van der Waals surface area contributed by atoms with Crippen LogP contribution < -0.4 is 0 Å². The molecule has 0 unspecified atom stereocenters. The molecule has 0 saturated heterocycles. The molecule has 0 aromatic rings. The summed E-state index contributed by atoms with van der Waals surface area (Å²) in [5.41, 5.74) is 0. The van der Waals surface area contributed by atoms with Gasteiger partial charge in [-0.15, -0.1) is 0 Å². The third-order valence-electron chi connectivity index (χ3n) is 1.47. The number of nitrogens with zero attached hydrogens (tertiary/aromatic N) is 1. The van der Waals surface area contributed by atoms with Crippen molar-refractivity contribution in [3.63, 3.8) is 0 Å². The molecular formula is C8H15NOS. The summed E-state index contributed by atoms with van der Waals surface area (Å²) < 4.78 is 10.6. The number of rotatable bonds is 6. The first-order chi connectivity index (χ1) is 5.27. The van der Waals surface area contributed by atoms with E-state index >= 15 is 0 Å². The Balaban J connectivity index is 2.92. The first kappa shape index (κ1) is 10.6. The van der Waals surface area contributed by atoms with E-state index in [9.17, 15) is 4.21 Å². The van der Waals surface area contributed by atoms with Crippen LogP contribution in [-0.2, 0) is 10.8 Å². The molecule has 0 aliphatic rings. The van der Waals surface area contributed by atoms with Gasteiger partial charge in [0.2, 0.25) is 0 Å². The van der Waals surface area contributed by atoms with Crippen molar-refractivity contribution >= 4 is 10.8 Å². The molecule has 0 saturated carbocycles. The summed E-state index contributed by atoms with van der Waals surface area (Å²) in [7, 11) is -0.638. The summed E-state index contributed by atoms with van der Waals surface area (Å²) in [6, 6.07) is 2.11. The molecule has 0 spiro atoms. The summed E-state index contributed by atoms with van der Waals surface area (Å²) in [5, 5.41) is 8.21. The molecule has 0 rings (SSSR count). The maximum Gasteiger partial charge on any atom is 0.0621 e. The van der Waals surface area contributed by atoms with Gasteiger partial charge in [0, 0.05) is 29.2 Å². The van der Waals surface area contributed by atoms with Gasteiger partial charge in [-0.25, -0.2) is 0 Å². The van der Waals surface area contributed by atoms with E-state index in [4.69, 9.17) is 5.26 Å². The van der Waals surface area contributed by atoms with Crippen molar-refractivity contribution in [1.29, 1.82) is 5.26 Å². The molecule has 0 fully saturated rings. The van der Waals surface area contributed by atoms with Crippen LogP contribution in [0.4, 0.5) is 0 Å². The Labute approximate surface area is 71.1 Å². The maximum atomic E-state index is 10.6. The second-order valence-electron chi connectivity index (χ2n) is 2.60. The lowest BCUT2D eigenvalue weighted by atomic mass is 10.2. The minimum Gasteiger partial charge on any atom is -0.260 e. The SMILES string of the molecule is C[S@](=O)CCCCCCC#N. The van der Waals surface area contributed by atoms with Crippen LogP contribution in [0.2, 0.25) is 0 Å². The average Bonchev–Trinajstić information content (AvgIpc) is 1.96. The van der Waals surface area contributed by atoms with Crippen molar-refractivity contribution in [2.24, 2.45) is 0 Å². The lowest BCUT2D eigenvalue weighted by Gasteiger charge is -1.95. The summed E-state index contributed by atoms with van der Waals surface area (Å²) in [6.45, 7) is 0. The van der Waals surface area contributed by atoms with Crippen LogP contribution in [0.15, 0.2) is 0 Å². The first-order valence-electron chi connectivity index (χ1n) is 3.94. The monoisotopic (exact) mass is 173 g/mol. The molecule has 64 valence electrons. The van der Waals surface area contributed by atoms with Gasteiger partial charge in [0.05, 0.1) is 6.07 Å². The van der Waals surface area contributed by atoms with Crippen molar-refractivity contribution in [3.8, 4) is 6.07 Å². The van der Waals surface area contributed by atoms with E-state index in [1.807, 2.05) is 0 Å². The highest BCUT2D eigenvalue weighted by Crippen LogP contribution is 2.02. The zero-order chi connectivity index (χ0) is 8.53. The first-order valence-corrected chi connectivity index (χ1v) is 5.67. The van der Waals surface area contributed by atoms with Crippen molar-refractivity contribution < 1.29 is 4.21 Å². The molecular weight excluding hydrogens is 158 g/mol. The molecule has 3 heteroatoms. The fourth-order valence-electron chi connectivity index (χ4n) is 0.863. The lowest BCUT2D eigenvalue weighted by Crippen LogP contribution is -1.93. The molecule has 0 aromatic carbocycles. The molecule has 0 aromatic heterocycles. The van der Waals surface area contributed by atoms with Crippen LogP contribution in [-0.4, -0.2) is 16.2 Å². The van der Waals surface area contributed by atoms with Gasteiger partial charge >= 0.3 is 0 Å². The molecule has 0 N–H and O–H groups in total. The Kier molecular flexibility index (Phi) is 7.49. The molecule has 0 heterocycles. The molecule has 1 atom stereocenters. The Hall–Kier alpha value is -0.360. The molecule has 11 heavy (non-hydrogen) atoms. The second kappa shape index (κ2) is 7.74. The third kappa shape index (κ3) is 9.64. The van der Waals surface area contributed by atoms with E-state index in [2.05, 4.69) is 6.07 Å². The molecule has 0 bridgehead atoms. The van der Waals surface area contributed by atoms with E-state index in [1.54, 1.807) is 6.26 Å². The highest BCUT2D eigenvalue weighted by atomic mass is 32.2. The smallest absolute Gasteiger partial charge is 0.0621 e. The van der Waals surface area contributed by atoms with E-state index in [-0.39, 0.29) is 0 Å². The second-order valence-corrected chi connectivity index (χ2v) is 4.15. The molecule has 0 aliphatic heterocycles. The molecule has 0 aliphatic carbocycles. The van der Waals surface area contributed by atoms with E-state index in [1.165, 1.54) is 0 Å². The minimum atomic E-state index is -0.638. The van der Waals surface area contributed by atoms with Gasteiger partial charge in [0.25, 0.3) is 0 Å². The van der Waals surface area contributed by atoms with Crippen molar-refractivity contribution in [1.82, 2.24) is 0 Å². The third-order valence-corrected chi connectivity index (χ3v) is 2.33. The normalized spacial score (nSPS) is 12.4. The maximum absolute atomic E-state index is 10.6. The zero-order valence-corrected chi connectivity index (χ0v) is 7.82. The average molecular weight is 173 g/mol. The highest BCUT2D eigenvalue weighted by Gasteiger charge is 1.91. The standard InChI is InChI=1S/C8H15NOS/c1-11(10)8-6-4-2-3-5-7-9/h2-6,8H2,1H3/t11-/m0/s1. The van der Waals surface area contributed by atoms with E-state index < -0.39 is 10.8 Å².